The molecule has 3 rings (SSSR count). The second-order valence-corrected chi connectivity index (χ2v) is 6.27. The molecule has 1 unspecified atom stereocenters. The lowest BCUT2D eigenvalue weighted by Gasteiger charge is -2.27. The molecule has 1 aromatic rings. The Labute approximate surface area is 152 Å². The highest BCUT2D eigenvalue weighted by molar-refractivity contribution is 6.04. The van der Waals surface area contributed by atoms with Crippen molar-refractivity contribution in [2.45, 2.75) is 18.9 Å². The molecule has 0 bridgehead atoms. The van der Waals surface area contributed by atoms with Crippen molar-refractivity contribution >= 4 is 17.8 Å². The van der Waals surface area contributed by atoms with E-state index in [4.69, 9.17) is 9.47 Å². The normalized spacial score (nSPS) is 19.5. The zero-order valence-electron chi connectivity index (χ0n) is 14.6. The molecule has 1 atom stereocenters. The first-order valence-electron chi connectivity index (χ1n) is 8.79. The number of urea groups is 1. The molecule has 0 aliphatic carbocycles. The van der Waals surface area contributed by atoms with Gasteiger partial charge in [-0.15, -0.1) is 0 Å². The Morgan fingerprint density at radius 3 is 2.77 bits per heavy atom. The molecule has 0 radical (unpaired) electrons. The van der Waals surface area contributed by atoms with Crippen LogP contribution in [-0.4, -0.2) is 73.1 Å². The Kier molecular flexibility index (Phi) is 6.06. The van der Waals surface area contributed by atoms with E-state index in [1.807, 2.05) is 30.3 Å². The first-order chi connectivity index (χ1) is 12.6. The number of hydrogen-bond donors (Lipinski definition) is 1. The predicted molar refractivity (Wildman–Crippen MR) is 92.6 cm³/mol. The van der Waals surface area contributed by atoms with E-state index >= 15 is 0 Å². The summed E-state index contributed by atoms with van der Waals surface area (Å²) in [5.74, 6) is 0.0506. The van der Waals surface area contributed by atoms with Crippen LogP contribution in [0.2, 0.25) is 0 Å². The molecule has 140 valence electrons. The van der Waals surface area contributed by atoms with Gasteiger partial charge in [-0.1, -0.05) is 18.2 Å². The summed E-state index contributed by atoms with van der Waals surface area (Å²) in [6.07, 6.45) is 1.85. The van der Waals surface area contributed by atoms with Crippen molar-refractivity contribution in [2.75, 3.05) is 39.4 Å². The Hall–Kier alpha value is -2.61. The quantitative estimate of drug-likeness (QED) is 0.686. The van der Waals surface area contributed by atoms with Gasteiger partial charge in [0.05, 0.1) is 19.2 Å². The number of para-hydroxylation sites is 1. The van der Waals surface area contributed by atoms with E-state index in [-0.39, 0.29) is 31.0 Å². The molecule has 2 aliphatic heterocycles. The molecule has 2 saturated heterocycles. The second-order valence-electron chi connectivity index (χ2n) is 6.27. The van der Waals surface area contributed by atoms with Crippen molar-refractivity contribution in [3.05, 3.63) is 30.3 Å². The molecule has 0 aromatic heterocycles. The van der Waals surface area contributed by atoms with Gasteiger partial charge in [-0.3, -0.25) is 14.5 Å². The van der Waals surface area contributed by atoms with Crippen molar-refractivity contribution in [3.8, 4) is 5.75 Å². The fourth-order valence-electron chi connectivity index (χ4n) is 2.99. The molecule has 8 nitrogen and oxygen atoms in total. The number of carbonyl (C=O) groups excluding carboxylic acids is 3. The number of ether oxygens (including phenoxy) is 2. The van der Waals surface area contributed by atoms with E-state index in [0.717, 1.165) is 23.5 Å². The molecule has 1 aromatic carbocycles. The van der Waals surface area contributed by atoms with Crippen LogP contribution in [0.4, 0.5) is 4.79 Å². The summed E-state index contributed by atoms with van der Waals surface area (Å²) in [7, 11) is 0. The smallest absolute Gasteiger partial charge is 0.325 e. The third-order valence-electron chi connectivity index (χ3n) is 4.40. The highest BCUT2D eigenvalue weighted by Gasteiger charge is 2.32. The number of imide groups is 1. The molecule has 0 saturated carbocycles. The van der Waals surface area contributed by atoms with Crippen LogP contribution >= 0.6 is 0 Å². The lowest BCUT2D eigenvalue weighted by Crippen LogP contribution is -2.46. The summed E-state index contributed by atoms with van der Waals surface area (Å²) in [6.45, 7) is 1.48. The monoisotopic (exact) mass is 361 g/mol. The van der Waals surface area contributed by atoms with Crippen LogP contribution in [0.25, 0.3) is 0 Å². The van der Waals surface area contributed by atoms with Crippen LogP contribution in [-0.2, 0) is 14.3 Å². The van der Waals surface area contributed by atoms with Gasteiger partial charge in [0, 0.05) is 13.2 Å². The molecule has 2 aliphatic rings. The van der Waals surface area contributed by atoms with E-state index in [1.54, 1.807) is 4.90 Å². The highest BCUT2D eigenvalue weighted by atomic mass is 16.5. The standard InChI is InChI=1S/C18H23N3O5/c22-16-11-19-18(24)21(16)13-17(23)20(12-15-7-4-9-25-15)8-10-26-14-5-2-1-3-6-14/h1-3,5-6,15H,4,7-13H2,(H,19,24). The third-order valence-corrected chi connectivity index (χ3v) is 4.40. The van der Waals surface area contributed by atoms with E-state index < -0.39 is 6.03 Å². The average molecular weight is 361 g/mol. The van der Waals surface area contributed by atoms with Gasteiger partial charge < -0.3 is 19.7 Å². The summed E-state index contributed by atoms with van der Waals surface area (Å²) < 4.78 is 11.3. The number of benzene rings is 1. The Balaban J connectivity index is 1.57. The second kappa shape index (κ2) is 8.66. The van der Waals surface area contributed by atoms with Gasteiger partial charge >= 0.3 is 6.03 Å². The molecule has 8 heteroatoms. The predicted octanol–water partition coefficient (Wildman–Crippen LogP) is 0.625. The molecule has 2 fully saturated rings. The van der Waals surface area contributed by atoms with Crippen LogP contribution in [0.15, 0.2) is 30.3 Å². The van der Waals surface area contributed by atoms with E-state index in [9.17, 15) is 14.4 Å². The van der Waals surface area contributed by atoms with E-state index in [1.165, 1.54) is 0 Å². The van der Waals surface area contributed by atoms with E-state index in [0.29, 0.717) is 26.3 Å². The number of carbonyl (C=O) groups is 3. The van der Waals surface area contributed by atoms with Gasteiger partial charge in [-0.25, -0.2) is 4.79 Å². The Morgan fingerprint density at radius 2 is 2.12 bits per heavy atom. The fraction of sp³-hybridized carbons (Fsp3) is 0.500. The molecule has 26 heavy (non-hydrogen) atoms. The zero-order chi connectivity index (χ0) is 18.4. The minimum absolute atomic E-state index is 0.0150. The Morgan fingerprint density at radius 1 is 1.31 bits per heavy atom. The van der Waals surface area contributed by atoms with Crippen LogP contribution in [0.3, 0.4) is 0 Å². The topological polar surface area (TPSA) is 88.2 Å². The maximum Gasteiger partial charge on any atom is 0.325 e. The number of hydrogen-bond acceptors (Lipinski definition) is 5. The number of amides is 4. The SMILES string of the molecule is O=C(CN1C(=O)CNC1=O)N(CCOc1ccccc1)CC1CCCO1. The first-order valence-corrected chi connectivity index (χ1v) is 8.79. The van der Waals surface area contributed by atoms with Crippen LogP contribution in [0.1, 0.15) is 12.8 Å². The highest BCUT2D eigenvalue weighted by Crippen LogP contribution is 2.14. The zero-order valence-corrected chi connectivity index (χ0v) is 14.6. The van der Waals surface area contributed by atoms with Crippen LogP contribution < -0.4 is 10.1 Å². The van der Waals surface area contributed by atoms with E-state index in [2.05, 4.69) is 5.32 Å². The molecule has 0 spiro atoms. The number of rotatable bonds is 8. The Bertz CT molecular complexity index is 629. The maximum atomic E-state index is 12.7. The molecule has 4 amide bonds. The average Bonchev–Trinajstić information content (AvgIpc) is 3.27. The van der Waals surface area contributed by atoms with Gasteiger partial charge in [0.1, 0.15) is 18.9 Å². The molecular formula is C18H23N3O5. The largest absolute Gasteiger partial charge is 0.492 e. The fourth-order valence-corrected chi connectivity index (χ4v) is 2.99. The van der Waals surface area contributed by atoms with Gasteiger partial charge in [0.2, 0.25) is 5.91 Å². The maximum absolute atomic E-state index is 12.7. The molecule has 1 N–H and O–H groups in total. The van der Waals surface area contributed by atoms with Gasteiger partial charge in [-0.05, 0) is 25.0 Å². The van der Waals surface area contributed by atoms with Gasteiger partial charge in [0.15, 0.2) is 0 Å². The summed E-state index contributed by atoms with van der Waals surface area (Å²) in [5.41, 5.74) is 0. The van der Waals surface area contributed by atoms with Crippen molar-refractivity contribution in [3.63, 3.8) is 0 Å². The lowest BCUT2D eigenvalue weighted by molar-refractivity contribution is -0.137. The summed E-state index contributed by atoms with van der Waals surface area (Å²) in [5, 5.41) is 2.42. The molecular weight excluding hydrogens is 338 g/mol. The van der Waals surface area contributed by atoms with Crippen LogP contribution in [0, 0.1) is 0 Å². The lowest BCUT2D eigenvalue weighted by atomic mass is 10.2. The molecule has 2 heterocycles. The van der Waals surface area contributed by atoms with Crippen molar-refractivity contribution < 1.29 is 23.9 Å². The minimum Gasteiger partial charge on any atom is -0.492 e. The van der Waals surface area contributed by atoms with Gasteiger partial charge in [0.25, 0.3) is 5.91 Å². The third kappa shape index (κ3) is 4.72. The van der Waals surface area contributed by atoms with Crippen molar-refractivity contribution in [1.82, 2.24) is 15.1 Å². The van der Waals surface area contributed by atoms with Crippen molar-refractivity contribution in [2.24, 2.45) is 0 Å². The van der Waals surface area contributed by atoms with Crippen molar-refractivity contribution in [1.29, 1.82) is 0 Å². The minimum atomic E-state index is -0.527. The number of nitrogens with zero attached hydrogens (tertiary/aromatic N) is 2. The van der Waals surface area contributed by atoms with Crippen LogP contribution in [0.5, 0.6) is 5.75 Å². The summed E-state index contributed by atoms with van der Waals surface area (Å²) in [6, 6.07) is 8.82. The first kappa shape index (κ1) is 18.2. The van der Waals surface area contributed by atoms with Gasteiger partial charge in [-0.2, -0.15) is 0 Å². The summed E-state index contributed by atoms with van der Waals surface area (Å²) >= 11 is 0. The summed E-state index contributed by atoms with van der Waals surface area (Å²) in [4.78, 5) is 38.6. The number of nitrogens with one attached hydrogen (secondary N) is 1.